The van der Waals surface area contributed by atoms with Crippen molar-refractivity contribution in [3.8, 4) is 5.75 Å². The Balaban J connectivity index is 2.43. The molecule has 1 aromatic carbocycles. The summed E-state index contributed by atoms with van der Waals surface area (Å²) in [6.45, 7) is -0.144. The zero-order valence-electron chi connectivity index (χ0n) is 9.07. The van der Waals surface area contributed by atoms with E-state index in [-0.39, 0.29) is 17.9 Å². The Morgan fingerprint density at radius 1 is 1.44 bits per heavy atom. The van der Waals surface area contributed by atoms with Crippen LogP contribution in [0.25, 0.3) is 0 Å². The highest BCUT2D eigenvalue weighted by Gasteiger charge is 2.37. The number of rotatable bonds is 1. The summed E-state index contributed by atoms with van der Waals surface area (Å²) >= 11 is 0. The Morgan fingerprint density at radius 2 is 2.11 bits per heavy atom. The molecule has 0 amide bonds. The molecule has 7 heteroatoms. The molecule has 1 aromatic rings. The molecule has 0 aromatic heterocycles. The first-order valence-electron chi connectivity index (χ1n) is 5.13. The number of alkyl halides is 3. The predicted octanol–water partition coefficient (Wildman–Crippen LogP) is 1.80. The number of halogens is 3. The summed E-state index contributed by atoms with van der Waals surface area (Å²) < 4.78 is 42.7. The van der Waals surface area contributed by atoms with Gasteiger partial charge in [-0.2, -0.15) is 13.2 Å². The van der Waals surface area contributed by atoms with Gasteiger partial charge in [-0.3, -0.25) is 4.79 Å². The fourth-order valence-electron chi connectivity index (χ4n) is 1.84. The molecule has 2 atom stereocenters. The summed E-state index contributed by atoms with van der Waals surface area (Å²) in [7, 11) is 0. The van der Waals surface area contributed by atoms with Gasteiger partial charge < -0.3 is 15.6 Å². The van der Waals surface area contributed by atoms with Gasteiger partial charge in [0.2, 0.25) is 0 Å². The van der Waals surface area contributed by atoms with Crippen LogP contribution in [0.4, 0.5) is 13.2 Å². The highest BCUT2D eigenvalue weighted by atomic mass is 19.4. The zero-order valence-corrected chi connectivity index (χ0v) is 9.07. The van der Waals surface area contributed by atoms with Crippen LogP contribution < -0.4 is 10.5 Å². The highest BCUT2D eigenvalue weighted by molar-refractivity contribution is 5.72. The fraction of sp³-hybridized carbons (Fsp3) is 0.364. The Hall–Kier alpha value is -1.76. The normalized spacial score (nSPS) is 23.1. The third-order valence-electron chi connectivity index (χ3n) is 2.87. The van der Waals surface area contributed by atoms with Crippen molar-refractivity contribution in [2.75, 3.05) is 6.61 Å². The van der Waals surface area contributed by atoms with Gasteiger partial charge in [0, 0.05) is 11.6 Å². The predicted molar refractivity (Wildman–Crippen MR) is 55.0 cm³/mol. The SMILES string of the molecule is NC1c2cc(C(F)(F)F)ccc2OCC1C(=O)O. The number of hydrogen-bond donors (Lipinski definition) is 2. The van der Waals surface area contributed by atoms with E-state index in [1.54, 1.807) is 0 Å². The fourth-order valence-corrected chi connectivity index (χ4v) is 1.84. The lowest BCUT2D eigenvalue weighted by Gasteiger charge is -2.29. The van der Waals surface area contributed by atoms with E-state index in [0.29, 0.717) is 0 Å². The van der Waals surface area contributed by atoms with Crippen LogP contribution in [0.15, 0.2) is 18.2 Å². The van der Waals surface area contributed by atoms with Crippen molar-refractivity contribution in [3.05, 3.63) is 29.3 Å². The molecule has 98 valence electrons. The molecule has 0 saturated heterocycles. The first-order valence-corrected chi connectivity index (χ1v) is 5.13. The minimum Gasteiger partial charge on any atom is -0.492 e. The highest BCUT2D eigenvalue weighted by Crippen LogP contribution is 2.38. The summed E-state index contributed by atoms with van der Waals surface area (Å²) in [5, 5.41) is 8.88. The second-order valence-electron chi connectivity index (χ2n) is 4.03. The van der Waals surface area contributed by atoms with Crippen LogP contribution in [-0.4, -0.2) is 17.7 Å². The first kappa shape index (κ1) is 12.7. The van der Waals surface area contributed by atoms with Crippen molar-refractivity contribution in [1.82, 2.24) is 0 Å². The van der Waals surface area contributed by atoms with Crippen molar-refractivity contribution in [3.63, 3.8) is 0 Å². The third kappa shape index (κ3) is 2.13. The number of carboxylic acids is 1. The Labute approximate surface area is 100 Å². The molecule has 0 spiro atoms. The Kier molecular flexibility index (Phi) is 2.94. The van der Waals surface area contributed by atoms with Gasteiger partial charge in [0.05, 0.1) is 5.56 Å². The maximum absolute atomic E-state index is 12.5. The van der Waals surface area contributed by atoms with Crippen molar-refractivity contribution < 1.29 is 27.8 Å². The van der Waals surface area contributed by atoms with Crippen LogP contribution in [0.3, 0.4) is 0 Å². The lowest BCUT2D eigenvalue weighted by atomic mass is 9.90. The van der Waals surface area contributed by atoms with E-state index < -0.39 is 29.7 Å². The molecular formula is C11H10F3NO3. The minimum absolute atomic E-state index is 0.0727. The van der Waals surface area contributed by atoms with Crippen LogP contribution in [0.2, 0.25) is 0 Å². The summed E-state index contributed by atoms with van der Waals surface area (Å²) in [5.41, 5.74) is 4.88. The number of hydrogen-bond acceptors (Lipinski definition) is 3. The Morgan fingerprint density at radius 3 is 2.67 bits per heavy atom. The molecule has 1 aliphatic rings. The Bertz CT molecular complexity index is 487. The van der Waals surface area contributed by atoms with Gasteiger partial charge in [0.15, 0.2) is 0 Å². The molecule has 4 nitrogen and oxygen atoms in total. The average molecular weight is 261 g/mol. The maximum atomic E-state index is 12.5. The number of fused-ring (bicyclic) bond motifs is 1. The molecule has 18 heavy (non-hydrogen) atoms. The largest absolute Gasteiger partial charge is 0.492 e. The van der Waals surface area contributed by atoms with Crippen molar-refractivity contribution in [1.29, 1.82) is 0 Å². The van der Waals surface area contributed by atoms with Crippen molar-refractivity contribution in [2.24, 2.45) is 11.7 Å². The van der Waals surface area contributed by atoms with Gasteiger partial charge in [-0.25, -0.2) is 0 Å². The minimum atomic E-state index is -4.50. The number of nitrogens with two attached hydrogens (primary N) is 1. The molecule has 2 rings (SSSR count). The van der Waals surface area contributed by atoms with E-state index in [1.807, 2.05) is 0 Å². The van der Waals surface area contributed by atoms with Gasteiger partial charge >= 0.3 is 12.1 Å². The van der Waals surface area contributed by atoms with Crippen LogP contribution in [0.1, 0.15) is 17.2 Å². The van der Waals surface area contributed by atoms with Crippen LogP contribution in [-0.2, 0) is 11.0 Å². The molecular weight excluding hydrogens is 251 g/mol. The van der Waals surface area contributed by atoms with E-state index >= 15 is 0 Å². The molecule has 0 fully saturated rings. The molecule has 3 N–H and O–H groups in total. The quantitative estimate of drug-likeness (QED) is 0.808. The molecule has 0 saturated carbocycles. The second-order valence-corrected chi connectivity index (χ2v) is 4.03. The maximum Gasteiger partial charge on any atom is 0.416 e. The van der Waals surface area contributed by atoms with Gasteiger partial charge in [0.25, 0.3) is 0 Å². The number of benzene rings is 1. The summed E-state index contributed by atoms with van der Waals surface area (Å²) in [6.07, 6.45) is -4.50. The molecule has 0 radical (unpaired) electrons. The topological polar surface area (TPSA) is 72.5 Å². The summed E-state index contributed by atoms with van der Waals surface area (Å²) in [5.74, 6) is -2.03. The van der Waals surface area contributed by atoms with Gasteiger partial charge in [-0.15, -0.1) is 0 Å². The number of aliphatic carboxylic acids is 1. The first-order chi connectivity index (χ1) is 8.30. The summed E-state index contributed by atoms with van der Waals surface area (Å²) in [4.78, 5) is 10.9. The summed E-state index contributed by atoms with van der Waals surface area (Å²) in [6, 6.07) is 1.88. The molecule has 1 aliphatic heterocycles. The van der Waals surface area contributed by atoms with Gasteiger partial charge in [-0.1, -0.05) is 0 Å². The van der Waals surface area contributed by atoms with E-state index in [9.17, 15) is 18.0 Å². The van der Waals surface area contributed by atoms with E-state index in [0.717, 1.165) is 18.2 Å². The van der Waals surface area contributed by atoms with E-state index in [1.165, 1.54) is 0 Å². The lowest BCUT2D eigenvalue weighted by Crippen LogP contribution is -2.36. The molecule has 2 unspecified atom stereocenters. The average Bonchev–Trinajstić information content (AvgIpc) is 2.27. The second kappa shape index (κ2) is 4.16. The van der Waals surface area contributed by atoms with Gasteiger partial charge in [0.1, 0.15) is 18.3 Å². The smallest absolute Gasteiger partial charge is 0.416 e. The van der Waals surface area contributed by atoms with Crippen molar-refractivity contribution in [2.45, 2.75) is 12.2 Å². The molecule has 0 bridgehead atoms. The third-order valence-corrected chi connectivity index (χ3v) is 2.87. The number of carbonyl (C=O) groups is 1. The van der Waals surface area contributed by atoms with Gasteiger partial charge in [-0.05, 0) is 18.2 Å². The number of ether oxygens (including phenoxy) is 1. The van der Waals surface area contributed by atoms with Crippen molar-refractivity contribution >= 4 is 5.97 Å². The lowest BCUT2D eigenvalue weighted by molar-refractivity contribution is -0.144. The van der Waals surface area contributed by atoms with Crippen LogP contribution >= 0.6 is 0 Å². The van der Waals surface area contributed by atoms with E-state index in [2.05, 4.69) is 0 Å². The van der Waals surface area contributed by atoms with Crippen LogP contribution in [0, 0.1) is 5.92 Å². The van der Waals surface area contributed by atoms with Crippen LogP contribution in [0.5, 0.6) is 5.75 Å². The standard InChI is InChI=1S/C11H10F3NO3/c12-11(13,14)5-1-2-8-6(3-5)9(15)7(4-18-8)10(16)17/h1-3,7,9H,4,15H2,(H,16,17). The molecule has 0 aliphatic carbocycles. The zero-order chi connectivity index (χ0) is 13.5. The molecule has 1 heterocycles. The monoisotopic (exact) mass is 261 g/mol. The number of carboxylic acid groups (broad SMARTS) is 1. The van der Waals surface area contributed by atoms with E-state index in [4.69, 9.17) is 15.6 Å².